The van der Waals surface area contributed by atoms with Gasteiger partial charge in [0.05, 0.1) is 10.7 Å². The molecule has 5 heterocycles. The lowest BCUT2D eigenvalue weighted by molar-refractivity contribution is -0.118. The van der Waals surface area contributed by atoms with E-state index in [0.29, 0.717) is 40.8 Å². The first-order valence-electron chi connectivity index (χ1n) is 11.9. The van der Waals surface area contributed by atoms with E-state index in [9.17, 15) is 9.90 Å². The Bertz CT molecular complexity index is 1150. The van der Waals surface area contributed by atoms with Crippen molar-refractivity contribution in [1.29, 1.82) is 0 Å². The molecule has 0 saturated carbocycles. The van der Waals surface area contributed by atoms with Crippen molar-refractivity contribution in [2.75, 3.05) is 43.0 Å². The maximum Gasteiger partial charge on any atom is 0.263 e. The average Bonchev–Trinajstić information content (AvgIpc) is 3.21. The molecule has 4 aliphatic heterocycles. The lowest BCUT2D eigenvalue weighted by Crippen LogP contribution is -2.44. The minimum absolute atomic E-state index is 0. The van der Waals surface area contributed by atoms with E-state index in [0.717, 1.165) is 39.0 Å². The van der Waals surface area contributed by atoms with E-state index < -0.39 is 6.23 Å². The molecule has 2 aromatic rings. The number of pyridine rings is 1. The number of para-hydroxylation sites is 1. The molecule has 2 atom stereocenters. The summed E-state index contributed by atoms with van der Waals surface area (Å²) in [5.41, 5.74) is 4.47. The number of benzene rings is 1. The number of piperidine rings is 1. The summed E-state index contributed by atoms with van der Waals surface area (Å²) in [6, 6.07) is 8.58. The molecule has 0 spiro atoms. The third kappa shape index (κ3) is 4.73. The van der Waals surface area contributed by atoms with Gasteiger partial charge in [-0.3, -0.25) is 4.79 Å². The van der Waals surface area contributed by atoms with Gasteiger partial charge in [-0.1, -0.05) is 35.9 Å². The third-order valence-corrected chi connectivity index (χ3v) is 7.59. The highest BCUT2D eigenvalue weighted by molar-refractivity contribution is 6.31. The fourth-order valence-corrected chi connectivity index (χ4v) is 5.72. The lowest BCUT2D eigenvalue weighted by atomic mass is 9.96. The number of amides is 1. The number of ether oxygens (including phenoxy) is 1. The predicted molar refractivity (Wildman–Crippen MR) is 138 cm³/mol. The van der Waals surface area contributed by atoms with Gasteiger partial charge in [0.1, 0.15) is 6.23 Å². The molecular formula is C25H29Cl2N5O3. The molecule has 4 aliphatic rings. The van der Waals surface area contributed by atoms with Gasteiger partial charge < -0.3 is 30.3 Å². The number of nitrogens with zero attached hydrogens (tertiary/aromatic N) is 3. The van der Waals surface area contributed by atoms with Crippen LogP contribution < -0.4 is 20.3 Å². The zero-order valence-corrected chi connectivity index (χ0v) is 20.8. The van der Waals surface area contributed by atoms with Crippen molar-refractivity contribution in [2.45, 2.75) is 37.6 Å². The molecule has 1 aromatic carbocycles. The zero-order chi connectivity index (χ0) is 23.2. The second kappa shape index (κ2) is 9.95. The molecular weight excluding hydrogens is 489 g/mol. The summed E-state index contributed by atoms with van der Waals surface area (Å²) >= 11 is 6.39. The Kier molecular flexibility index (Phi) is 6.92. The molecule has 1 amide bonds. The van der Waals surface area contributed by atoms with Gasteiger partial charge in [-0.2, -0.15) is 0 Å². The van der Waals surface area contributed by atoms with Crippen molar-refractivity contribution in [1.82, 2.24) is 15.2 Å². The van der Waals surface area contributed by atoms with Crippen LogP contribution in [0.3, 0.4) is 0 Å². The van der Waals surface area contributed by atoms with Crippen molar-refractivity contribution >= 4 is 47.5 Å². The van der Waals surface area contributed by atoms with Crippen molar-refractivity contribution < 1.29 is 14.6 Å². The second-order valence-corrected chi connectivity index (χ2v) is 9.87. The van der Waals surface area contributed by atoms with Crippen LogP contribution in [0.1, 0.15) is 35.6 Å². The zero-order valence-electron chi connectivity index (χ0n) is 19.2. The number of nitrogens with one attached hydrogen (secondary N) is 2. The molecule has 6 rings (SSSR count). The molecule has 0 aliphatic carbocycles. The number of fused-ring (bicyclic) bond motifs is 1. The number of aromatic nitrogens is 1. The molecule has 1 saturated heterocycles. The van der Waals surface area contributed by atoms with Gasteiger partial charge in [-0.15, -0.1) is 12.4 Å². The first-order chi connectivity index (χ1) is 16.5. The normalized spacial score (nSPS) is 23.3. The number of carbonyl (C=O) groups is 1. The molecule has 35 heavy (non-hydrogen) atoms. The second-order valence-electron chi connectivity index (χ2n) is 9.46. The van der Waals surface area contributed by atoms with Crippen LogP contribution >= 0.6 is 24.0 Å². The number of likely N-dealkylation sites (tertiary alicyclic amines) is 1. The van der Waals surface area contributed by atoms with E-state index in [4.69, 9.17) is 16.3 Å². The van der Waals surface area contributed by atoms with Crippen LogP contribution in [0.2, 0.25) is 5.02 Å². The van der Waals surface area contributed by atoms with Gasteiger partial charge in [0, 0.05) is 43.3 Å². The van der Waals surface area contributed by atoms with E-state index >= 15 is 0 Å². The number of aliphatic hydroxyl groups excluding tert-OH is 1. The Morgan fingerprint density at radius 1 is 1.29 bits per heavy atom. The van der Waals surface area contributed by atoms with Crippen LogP contribution in [0, 0.1) is 0 Å². The molecule has 0 radical (unpaired) electrons. The number of aliphatic hydroxyl groups is 1. The molecule has 2 unspecified atom stereocenters. The standard InChI is InChI=1S/C25H28ClN5O3.ClH/c26-19-10-21-25(29-22(32)14-34-21)28-20(19)11-27-17-6-8-30(9-7-17)12-16-13-31-23(33)5-4-15-2-1-3-18(16)24(15)31;/h1-5,10,16-17,23,27,33H,6-9,11-14H2,(H,28,29,32);1H. The number of halogens is 2. The summed E-state index contributed by atoms with van der Waals surface area (Å²) in [6.07, 6.45) is 5.48. The molecule has 186 valence electrons. The highest BCUT2D eigenvalue weighted by Gasteiger charge is 2.36. The van der Waals surface area contributed by atoms with Crippen LogP contribution in [0.5, 0.6) is 5.75 Å². The van der Waals surface area contributed by atoms with E-state index in [1.54, 1.807) is 6.07 Å². The monoisotopic (exact) mass is 517 g/mol. The van der Waals surface area contributed by atoms with Gasteiger partial charge in [0.15, 0.2) is 18.2 Å². The molecule has 1 fully saturated rings. The Morgan fingerprint density at radius 3 is 2.94 bits per heavy atom. The molecule has 0 bridgehead atoms. The van der Waals surface area contributed by atoms with Gasteiger partial charge in [-0.25, -0.2) is 4.98 Å². The molecule has 1 aromatic heterocycles. The molecule has 3 N–H and O–H groups in total. The quantitative estimate of drug-likeness (QED) is 0.561. The minimum Gasteiger partial charge on any atom is -0.480 e. The average molecular weight is 518 g/mol. The number of anilines is 2. The van der Waals surface area contributed by atoms with Crippen LogP contribution in [-0.2, 0) is 11.3 Å². The first-order valence-corrected chi connectivity index (χ1v) is 12.3. The minimum atomic E-state index is -0.530. The Balaban J connectivity index is 0.00000253. The van der Waals surface area contributed by atoms with Crippen molar-refractivity contribution in [3.05, 3.63) is 52.2 Å². The van der Waals surface area contributed by atoms with Crippen LogP contribution in [0.25, 0.3) is 6.08 Å². The Morgan fingerprint density at radius 2 is 2.11 bits per heavy atom. The van der Waals surface area contributed by atoms with Crippen molar-refractivity contribution in [3.63, 3.8) is 0 Å². The largest absolute Gasteiger partial charge is 0.480 e. The highest BCUT2D eigenvalue weighted by atomic mass is 35.5. The highest BCUT2D eigenvalue weighted by Crippen LogP contribution is 2.43. The van der Waals surface area contributed by atoms with E-state index in [2.05, 4.69) is 43.6 Å². The van der Waals surface area contributed by atoms with Crippen molar-refractivity contribution in [2.24, 2.45) is 0 Å². The lowest BCUT2D eigenvalue weighted by Gasteiger charge is -2.34. The van der Waals surface area contributed by atoms with E-state index in [-0.39, 0.29) is 24.9 Å². The predicted octanol–water partition coefficient (Wildman–Crippen LogP) is 2.99. The SMILES string of the molecule is Cl.O=C1COc2cc(Cl)c(CNC3CCN(CC4CN5c6c(cccc64)C=CC5O)CC3)nc2N1. The summed E-state index contributed by atoms with van der Waals surface area (Å²) in [5.74, 6) is 1.15. The number of hydrogen-bond donors (Lipinski definition) is 3. The van der Waals surface area contributed by atoms with Gasteiger partial charge >= 0.3 is 0 Å². The van der Waals surface area contributed by atoms with Crippen molar-refractivity contribution in [3.8, 4) is 5.75 Å². The summed E-state index contributed by atoms with van der Waals surface area (Å²) in [6.45, 7) is 4.46. The van der Waals surface area contributed by atoms with E-state index in [1.165, 1.54) is 16.8 Å². The summed E-state index contributed by atoms with van der Waals surface area (Å²) in [4.78, 5) is 20.7. The van der Waals surface area contributed by atoms with E-state index in [1.807, 2.05) is 12.2 Å². The fourth-order valence-electron chi connectivity index (χ4n) is 5.51. The van der Waals surface area contributed by atoms with Crippen LogP contribution in [-0.4, -0.2) is 66.0 Å². The number of hydrogen-bond acceptors (Lipinski definition) is 7. The maximum absolute atomic E-state index is 11.6. The fraction of sp³-hybridized carbons (Fsp3) is 0.440. The number of carbonyl (C=O) groups excluding carboxylic acids is 1. The summed E-state index contributed by atoms with van der Waals surface area (Å²) in [5, 5.41) is 17.3. The van der Waals surface area contributed by atoms with Crippen LogP contribution in [0.15, 0.2) is 30.3 Å². The van der Waals surface area contributed by atoms with Gasteiger partial charge in [0.2, 0.25) is 0 Å². The Labute approximate surface area is 215 Å². The maximum atomic E-state index is 11.6. The molecule has 8 nitrogen and oxygen atoms in total. The smallest absolute Gasteiger partial charge is 0.263 e. The summed E-state index contributed by atoms with van der Waals surface area (Å²) in [7, 11) is 0. The summed E-state index contributed by atoms with van der Waals surface area (Å²) < 4.78 is 5.38. The first kappa shape index (κ1) is 24.3. The third-order valence-electron chi connectivity index (χ3n) is 7.26. The van der Waals surface area contributed by atoms with Crippen LogP contribution in [0.4, 0.5) is 11.5 Å². The Hall–Kier alpha value is -2.36. The van der Waals surface area contributed by atoms with Gasteiger partial charge in [-0.05, 0) is 43.1 Å². The molecule has 10 heteroatoms. The number of rotatable bonds is 5. The van der Waals surface area contributed by atoms with Gasteiger partial charge in [0.25, 0.3) is 5.91 Å². The topological polar surface area (TPSA) is 90.0 Å².